The Morgan fingerprint density at radius 1 is 0.711 bits per heavy atom. The lowest BCUT2D eigenvalue weighted by Crippen LogP contribution is -2.19. The molecule has 0 fully saturated rings. The summed E-state index contributed by atoms with van der Waals surface area (Å²) >= 11 is 1.33. The van der Waals surface area contributed by atoms with Crippen LogP contribution in [0.4, 0.5) is 11.4 Å². The van der Waals surface area contributed by atoms with Crippen molar-refractivity contribution in [2.24, 2.45) is 0 Å². The molecule has 0 saturated heterocycles. The van der Waals surface area contributed by atoms with E-state index in [9.17, 15) is 14.4 Å². The van der Waals surface area contributed by atoms with E-state index in [1.54, 1.807) is 42.5 Å². The number of rotatable bonds is 10. The maximum absolute atomic E-state index is 13.4. The van der Waals surface area contributed by atoms with Crippen molar-refractivity contribution in [2.45, 2.75) is 10.1 Å². The zero-order valence-corrected chi connectivity index (χ0v) is 20.9. The molecule has 3 N–H and O–H groups in total. The number of benzene rings is 4. The van der Waals surface area contributed by atoms with E-state index in [1.807, 2.05) is 66.7 Å². The summed E-state index contributed by atoms with van der Waals surface area (Å²) in [4.78, 5) is 36.8. The van der Waals surface area contributed by atoms with Gasteiger partial charge in [0.1, 0.15) is 16.7 Å². The van der Waals surface area contributed by atoms with Crippen LogP contribution in [0.15, 0.2) is 126 Å². The van der Waals surface area contributed by atoms with Gasteiger partial charge in [0.15, 0.2) is 0 Å². The van der Waals surface area contributed by atoms with Gasteiger partial charge in [0.2, 0.25) is 11.8 Å². The lowest BCUT2D eigenvalue weighted by atomic mass is 10.1. The van der Waals surface area contributed by atoms with Gasteiger partial charge in [-0.05, 0) is 60.2 Å². The molecular formula is C30H24N2O5S. The molecule has 0 aliphatic rings. The van der Waals surface area contributed by atoms with E-state index in [2.05, 4.69) is 10.6 Å². The number of carboxylic acids is 1. The van der Waals surface area contributed by atoms with E-state index in [0.29, 0.717) is 17.1 Å². The summed E-state index contributed by atoms with van der Waals surface area (Å²) in [5, 5.41) is 13.7. The highest BCUT2D eigenvalue weighted by Gasteiger charge is 2.22. The highest BCUT2D eigenvalue weighted by molar-refractivity contribution is 8.00. The molecule has 0 radical (unpaired) electrons. The van der Waals surface area contributed by atoms with E-state index in [-0.39, 0.29) is 5.91 Å². The molecule has 0 aliphatic heterocycles. The third-order valence-electron chi connectivity index (χ3n) is 5.17. The van der Waals surface area contributed by atoms with E-state index in [1.165, 1.54) is 11.8 Å². The van der Waals surface area contributed by atoms with Crippen molar-refractivity contribution in [3.05, 3.63) is 127 Å². The summed E-state index contributed by atoms with van der Waals surface area (Å²) < 4.78 is 5.82. The first kappa shape index (κ1) is 26.2. The van der Waals surface area contributed by atoms with Gasteiger partial charge in [-0.25, -0.2) is 4.79 Å². The number of ether oxygens (including phenoxy) is 1. The molecule has 4 aromatic rings. The second-order valence-electron chi connectivity index (χ2n) is 8.03. The average molecular weight is 525 g/mol. The van der Waals surface area contributed by atoms with Gasteiger partial charge in [-0.1, -0.05) is 54.6 Å². The normalized spacial score (nSPS) is 11.5. The Kier molecular flexibility index (Phi) is 8.93. The number of para-hydroxylation sites is 1. The van der Waals surface area contributed by atoms with Gasteiger partial charge in [-0.3, -0.25) is 9.59 Å². The van der Waals surface area contributed by atoms with E-state index < -0.39 is 17.1 Å². The molecule has 190 valence electrons. The van der Waals surface area contributed by atoms with Crippen molar-refractivity contribution in [1.82, 2.24) is 0 Å². The van der Waals surface area contributed by atoms with Gasteiger partial charge in [0.05, 0.1) is 0 Å². The van der Waals surface area contributed by atoms with Crippen molar-refractivity contribution < 1.29 is 24.2 Å². The fourth-order valence-corrected chi connectivity index (χ4v) is 4.54. The number of hydrogen-bond donors (Lipinski definition) is 3. The zero-order chi connectivity index (χ0) is 26.7. The Morgan fingerprint density at radius 2 is 1.37 bits per heavy atom. The zero-order valence-electron chi connectivity index (χ0n) is 20.1. The number of thioether (sulfide) groups is 1. The molecular weight excluding hydrogens is 500 g/mol. The lowest BCUT2D eigenvalue weighted by molar-refractivity contribution is -0.131. The molecule has 1 unspecified atom stereocenters. The summed E-state index contributed by atoms with van der Waals surface area (Å²) in [6.07, 6.45) is 1.71. The van der Waals surface area contributed by atoms with Gasteiger partial charge >= 0.3 is 5.97 Å². The highest BCUT2D eigenvalue weighted by Crippen LogP contribution is 2.37. The molecule has 0 bridgehead atoms. The van der Waals surface area contributed by atoms with Crippen LogP contribution in [-0.2, 0) is 14.4 Å². The summed E-state index contributed by atoms with van der Waals surface area (Å²) in [5.41, 5.74) is 1.93. The minimum atomic E-state index is -1.21. The van der Waals surface area contributed by atoms with E-state index in [0.717, 1.165) is 28.4 Å². The minimum absolute atomic E-state index is 0.211. The smallest absolute Gasteiger partial charge is 0.328 e. The largest absolute Gasteiger partial charge is 0.478 e. The van der Waals surface area contributed by atoms with Crippen molar-refractivity contribution in [3.63, 3.8) is 0 Å². The predicted molar refractivity (Wildman–Crippen MR) is 148 cm³/mol. The maximum atomic E-state index is 13.4. The topological polar surface area (TPSA) is 105 Å². The number of aliphatic carboxylic acids is 1. The number of carbonyl (C=O) groups excluding carboxylic acids is 2. The molecule has 38 heavy (non-hydrogen) atoms. The maximum Gasteiger partial charge on any atom is 0.328 e. The second-order valence-corrected chi connectivity index (χ2v) is 9.20. The molecule has 0 aromatic heterocycles. The number of hydrogen-bond acceptors (Lipinski definition) is 5. The van der Waals surface area contributed by atoms with Crippen molar-refractivity contribution in [1.29, 1.82) is 0 Å². The fourth-order valence-electron chi connectivity index (χ4n) is 3.45. The third kappa shape index (κ3) is 7.84. The summed E-state index contributed by atoms with van der Waals surface area (Å²) in [7, 11) is 0. The van der Waals surface area contributed by atoms with Crippen LogP contribution in [0.2, 0.25) is 0 Å². The molecule has 0 spiro atoms. The lowest BCUT2D eigenvalue weighted by Gasteiger charge is -2.18. The first-order valence-electron chi connectivity index (χ1n) is 11.6. The third-order valence-corrected chi connectivity index (χ3v) is 6.42. The Labute approximate surface area is 224 Å². The molecule has 2 amide bonds. The van der Waals surface area contributed by atoms with Crippen LogP contribution in [0.5, 0.6) is 11.5 Å². The number of carboxylic acid groups (broad SMARTS) is 1. The molecule has 4 aromatic carbocycles. The monoisotopic (exact) mass is 524 g/mol. The Balaban J connectivity index is 1.47. The number of amides is 2. The standard InChI is InChI=1S/C30H24N2O5S/c33-27(18-19-28(34)35)31-23-10-7-13-26(20-23)38-29(21-8-3-1-4-9-21)30(36)32-22-14-16-25(17-15-22)37-24-11-5-2-6-12-24/h1-20,29H,(H,31,33)(H,32,36)(H,34,35)/b19-18+. The van der Waals surface area contributed by atoms with Gasteiger partial charge in [-0.2, -0.15) is 0 Å². The average Bonchev–Trinajstić information content (AvgIpc) is 2.93. The Morgan fingerprint density at radius 3 is 2.05 bits per heavy atom. The Bertz CT molecular complexity index is 1420. The Hall–Kier alpha value is -4.82. The van der Waals surface area contributed by atoms with Gasteiger partial charge < -0.3 is 20.5 Å². The minimum Gasteiger partial charge on any atom is -0.478 e. The van der Waals surface area contributed by atoms with Gasteiger partial charge in [-0.15, -0.1) is 11.8 Å². The molecule has 7 nitrogen and oxygen atoms in total. The number of carbonyl (C=O) groups is 3. The van der Waals surface area contributed by atoms with E-state index >= 15 is 0 Å². The molecule has 4 rings (SSSR count). The van der Waals surface area contributed by atoms with Crippen LogP contribution >= 0.6 is 11.8 Å². The summed E-state index contributed by atoms with van der Waals surface area (Å²) in [5.74, 6) is -0.607. The molecule has 1 atom stereocenters. The van der Waals surface area contributed by atoms with Crippen molar-refractivity contribution in [2.75, 3.05) is 10.6 Å². The van der Waals surface area contributed by atoms with Crippen LogP contribution in [0.3, 0.4) is 0 Å². The van der Waals surface area contributed by atoms with Crippen molar-refractivity contribution in [3.8, 4) is 11.5 Å². The van der Waals surface area contributed by atoms with Gasteiger partial charge in [0.25, 0.3) is 0 Å². The molecule has 0 aliphatic carbocycles. The predicted octanol–water partition coefficient (Wildman–Crippen LogP) is 6.53. The number of anilines is 2. The quantitative estimate of drug-likeness (QED) is 0.161. The summed E-state index contributed by atoms with van der Waals surface area (Å²) in [6.45, 7) is 0. The van der Waals surface area contributed by atoms with Crippen LogP contribution in [0.1, 0.15) is 10.8 Å². The van der Waals surface area contributed by atoms with Crippen LogP contribution in [0, 0.1) is 0 Å². The fraction of sp³-hybridized carbons (Fsp3) is 0.0333. The van der Waals surface area contributed by atoms with Crippen LogP contribution in [0.25, 0.3) is 0 Å². The molecule has 0 heterocycles. The molecule has 8 heteroatoms. The van der Waals surface area contributed by atoms with E-state index in [4.69, 9.17) is 9.84 Å². The first-order chi connectivity index (χ1) is 18.5. The molecule has 0 saturated carbocycles. The van der Waals surface area contributed by atoms with Crippen molar-refractivity contribution >= 4 is 40.9 Å². The van der Waals surface area contributed by atoms with Crippen LogP contribution < -0.4 is 15.4 Å². The SMILES string of the molecule is O=C(O)/C=C/C(=O)Nc1cccc(SC(C(=O)Nc2ccc(Oc3ccccc3)cc2)c2ccccc2)c1. The number of nitrogens with one attached hydrogen (secondary N) is 2. The van der Waals surface area contributed by atoms with Crippen LogP contribution in [-0.4, -0.2) is 22.9 Å². The first-order valence-corrected chi connectivity index (χ1v) is 12.5. The van der Waals surface area contributed by atoms with Gasteiger partial charge in [0, 0.05) is 28.4 Å². The highest BCUT2D eigenvalue weighted by atomic mass is 32.2. The summed E-state index contributed by atoms with van der Waals surface area (Å²) in [6, 6.07) is 33.0. The second kappa shape index (κ2) is 12.9.